The SMILES string of the molecule is O=C(Nc1sccc1C(=O)N/N=C/c1ccc(F)cc1)c1cccc(CSCCCO)c1. The zero-order valence-corrected chi connectivity index (χ0v) is 18.7. The van der Waals surface area contributed by atoms with Crippen LogP contribution in [0, 0.1) is 5.82 Å². The molecule has 1 heterocycles. The number of aliphatic hydroxyl groups is 1. The summed E-state index contributed by atoms with van der Waals surface area (Å²) in [5.41, 5.74) is 4.87. The Morgan fingerprint density at radius 3 is 2.72 bits per heavy atom. The van der Waals surface area contributed by atoms with Crippen molar-refractivity contribution in [1.82, 2.24) is 5.43 Å². The molecular weight excluding hydrogens is 449 g/mol. The van der Waals surface area contributed by atoms with E-state index in [9.17, 15) is 14.0 Å². The minimum absolute atomic E-state index is 0.170. The number of thiophene rings is 1. The van der Waals surface area contributed by atoms with E-state index in [-0.39, 0.29) is 18.3 Å². The van der Waals surface area contributed by atoms with Crippen molar-refractivity contribution < 1.29 is 19.1 Å². The van der Waals surface area contributed by atoms with E-state index < -0.39 is 5.91 Å². The molecule has 0 aliphatic rings. The molecule has 0 fully saturated rings. The number of halogens is 1. The van der Waals surface area contributed by atoms with Crippen LogP contribution in [0.3, 0.4) is 0 Å². The normalized spacial score (nSPS) is 10.9. The first kappa shape index (κ1) is 23.6. The molecule has 6 nitrogen and oxygen atoms in total. The lowest BCUT2D eigenvalue weighted by molar-refractivity contribution is 0.0956. The minimum Gasteiger partial charge on any atom is -0.396 e. The second-order valence-corrected chi connectivity index (χ2v) is 8.72. The van der Waals surface area contributed by atoms with Gasteiger partial charge in [0.05, 0.1) is 11.8 Å². The van der Waals surface area contributed by atoms with Gasteiger partial charge in [0.2, 0.25) is 0 Å². The van der Waals surface area contributed by atoms with Gasteiger partial charge in [-0.05, 0) is 59.0 Å². The average molecular weight is 472 g/mol. The lowest BCUT2D eigenvalue weighted by Crippen LogP contribution is -2.20. The van der Waals surface area contributed by atoms with Gasteiger partial charge < -0.3 is 10.4 Å². The van der Waals surface area contributed by atoms with Crippen LogP contribution in [-0.2, 0) is 5.75 Å². The Kier molecular flexibility index (Phi) is 8.97. The van der Waals surface area contributed by atoms with Crippen molar-refractivity contribution in [3.8, 4) is 0 Å². The van der Waals surface area contributed by atoms with Gasteiger partial charge in [-0.3, -0.25) is 9.59 Å². The van der Waals surface area contributed by atoms with Crippen LogP contribution in [0.15, 0.2) is 65.1 Å². The molecule has 2 aromatic carbocycles. The molecule has 3 aromatic rings. The quantitative estimate of drug-likeness (QED) is 0.230. The topological polar surface area (TPSA) is 90.8 Å². The van der Waals surface area contributed by atoms with Crippen LogP contribution < -0.4 is 10.7 Å². The summed E-state index contributed by atoms with van der Waals surface area (Å²) >= 11 is 2.94. The number of amides is 2. The molecule has 0 unspecified atom stereocenters. The summed E-state index contributed by atoms with van der Waals surface area (Å²) in [5, 5.41) is 17.7. The van der Waals surface area contributed by atoms with E-state index in [1.54, 1.807) is 41.4 Å². The number of nitrogens with zero attached hydrogens (tertiary/aromatic N) is 1. The number of rotatable bonds is 10. The highest BCUT2D eigenvalue weighted by atomic mass is 32.2. The van der Waals surface area contributed by atoms with Crippen LogP contribution in [0.1, 0.15) is 38.3 Å². The summed E-state index contributed by atoms with van der Waals surface area (Å²) in [6.07, 6.45) is 2.15. The van der Waals surface area contributed by atoms with E-state index in [4.69, 9.17) is 5.11 Å². The highest BCUT2D eigenvalue weighted by Gasteiger charge is 2.16. The lowest BCUT2D eigenvalue weighted by atomic mass is 10.1. The standard InChI is InChI=1S/C23H22FN3O3S2/c24-19-7-5-16(6-8-19)14-25-27-22(30)20-9-12-32-23(20)26-21(29)18-4-1-3-17(13-18)15-31-11-2-10-28/h1,3-9,12-14,28H,2,10-11,15H2,(H,26,29)(H,27,30)/b25-14+. The Morgan fingerprint density at radius 2 is 1.94 bits per heavy atom. The fourth-order valence-electron chi connectivity index (χ4n) is 2.69. The van der Waals surface area contributed by atoms with Gasteiger partial charge in [-0.1, -0.05) is 24.3 Å². The minimum atomic E-state index is -0.464. The van der Waals surface area contributed by atoms with E-state index in [1.807, 2.05) is 18.2 Å². The number of carbonyl (C=O) groups is 2. The van der Waals surface area contributed by atoms with Crippen molar-refractivity contribution in [2.24, 2.45) is 5.10 Å². The number of thioether (sulfide) groups is 1. The van der Waals surface area contributed by atoms with Gasteiger partial charge in [-0.15, -0.1) is 11.3 Å². The Balaban J connectivity index is 1.59. The number of nitrogens with one attached hydrogen (secondary N) is 2. The maximum absolute atomic E-state index is 12.9. The van der Waals surface area contributed by atoms with Crippen LogP contribution in [0.25, 0.3) is 0 Å². The Morgan fingerprint density at radius 1 is 1.12 bits per heavy atom. The molecule has 166 valence electrons. The van der Waals surface area contributed by atoms with E-state index in [0.29, 0.717) is 21.7 Å². The molecule has 0 bridgehead atoms. The summed E-state index contributed by atoms with van der Waals surface area (Å²) in [6.45, 7) is 0.170. The molecule has 0 aliphatic carbocycles. The number of hydrazone groups is 1. The summed E-state index contributed by atoms with van der Waals surface area (Å²) in [7, 11) is 0. The van der Waals surface area contributed by atoms with Crippen LogP contribution in [0.2, 0.25) is 0 Å². The summed E-state index contributed by atoms with van der Waals surface area (Å²) < 4.78 is 12.9. The molecule has 0 aliphatic heterocycles. The van der Waals surface area contributed by atoms with E-state index in [2.05, 4.69) is 15.8 Å². The predicted octanol–water partition coefficient (Wildman–Crippen LogP) is 4.52. The zero-order chi connectivity index (χ0) is 22.8. The van der Waals surface area contributed by atoms with Crippen molar-refractivity contribution in [1.29, 1.82) is 0 Å². The molecule has 0 saturated heterocycles. The summed E-state index contributed by atoms with van der Waals surface area (Å²) in [4.78, 5) is 25.2. The van der Waals surface area contributed by atoms with Crippen molar-refractivity contribution in [3.05, 3.63) is 88.0 Å². The van der Waals surface area contributed by atoms with Crippen LogP contribution in [-0.4, -0.2) is 35.5 Å². The van der Waals surface area contributed by atoms with Gasteiger partial charge in [0.15, 0.2) is 0 Å². The van der Waals surface area contributed by atoms with Gasteiger partial charge >= 0.3 is 0 Å². The average Bonchev–Trinajstić information content (AvgIpc) is 3.26. The maximum atomic E-state index is 12.9. The molecule has 0 saturated carbocycles. The van der Waals surface area contributed by atoms with Gasteiger partial charge in [0.1, 0.15) is 10.8 Å². The molecule has 1 aromatic heterocycles. The van der Waals surface area contributed by atoms with E-state index in [1.165, 1.54) is 29.7 Å². The van der Waals surface area contributed by atoms with Crippen LogP contribution in [0.5, 0.6) is 0 Å². The molecule has 32 heavy (non-hydrogen) atoms. The van der Waals surface area contributed by atoms with Crippen molar-refractivity contribution >= 4 is 46.1 Å². The molecule has 9 heteroatoms. The fraction of sp³-hybridized carbons (Fsp3) is 0.174. The van der Waals surface area contributed by atoms with Crippen molar-refractivity contribution in [3.63, 3.8) is 0 Å². The number of hydrogen-bond donors (Lipinski definition) is 3. The molecule has 0 radical (unpaired) electrons. The van der Waals surface area contributed by atoms with Gasteiger partial charge in [-0.25, -0.2) is 9.82 Å². The Labute approximate surface area is 193 Å². The number of aliphatic hydroxyl groups excluding tert-OH is 1. The number of carbonyl (C=O) groups excluding carboxylic acids is 2. The van der Waals surface area contributed by atoms with Crippen molar-refractivity contribution in [2.75, 3.05) is 17.7 Å². The highest BCUT2D eigenvalue weighted by molar-refractivity contribution is 7.98. The maximum Gasteiger partial charge on any atom is 0.274 e. The third-order valence-electron chi connectivity index (χ3n) is 4.29. The first-order valence-corrected chi connectivity index (χ1v) is 11.9. The molecule has 2 amide bonds. The molecule has 0 spiro atoms. The highest BCUT2D eigenvalue weighted by Crippen LogP contribution is 2.24. The molecule has 3 rings (SSSR count). The first-order chi connectivity index (χ1) is 15.6. The predicted molar refractivity (Wildman–Crippen MR) is 128 cm³/mol. The van der Waals surface area contributed by atoms with Gasteiger partial charge in [0, 0.05) is 17.9 Å². The Bertz CT molecular complexity index is 1080. The van der Waals surface area contributed by atoms with Crippen LogP contribution in [0.4, 0.5) is 9.39 Å². The lowest BCUT2D eigenvalue weighted by Gasteiger charge is -2.07. The number of hydrogen-bond acceptors (Lipinski definition) is 6. The Hall–Kier alpha value is -3.01. The van der Waals surface area contributed by atoms with Crippen molar-refractivity contribution in [2.45, 2.75) is 12.2 Å². The van der Waals surface area contributed by atoms with Gasteiger partial charge in [0.25, 0.3) is 11.8 Å². The summed E-state index contributed by atoms with van der Waals surface area (Å²) in [6, 6.07) is 14.6. The monoisotopic (exact) mass is 471 g/mol. The van der Waals surface area contributed by atoms with Crippen LogP contribution >= 0.6 is 23.1 Å². The first-order valence-electron chi connectivity index (χ1n) is 9.82. The zero-order valence-electron chi connectivity index (χ0n) is 17.1. The molecule has 3 N–H and O–H groups in total. The third-order valence-corrected chi connectivity index (χ3v) is 6.24. The smallest absolute Gasteiger partial charge is 0.274 e. The largest absolute Gasteiger partial charge is 0.396 e. The van der Waals surface area contributed by atoms with E-state index in [0.717, 1.165) is 23.5 Å². The van der Waals surface area contributed by atoms with E-state index >= 15 is 0 Å². The summed E-state index contributed by atoms with van der Waals surface area (Å²) in [5.74, 6) is 0.479. The second-order valence-electron chi connectivity index (χ2n) is 6.70. The fourth-order valence-corrected chi connectivity index (χ4v) is 4.37. The molecular formula is C23H22FN3O3S2. The van der Waals surface area contributed by atoms with Gasteiger partial charge in [-0.2, -0.15) is 16.9 Å². The second kappa shape index (κ2) is 12.1. The number of benzene rings is 2. The number of anilines is 1. The third kappa shape index (κ3) is 7.01. The molecule has 0 atom stereocenters.